The van der Waals surface area contributed by atoms with Crippen molar-refractivity contribution in [3.05, 3.63) is 18.0 Å². The molecule has 4 heteroatoms. The smallest absolute Gasteiger partial charge is 0.187 e. The summed E-state index contributed by atoms with van der Waals surface area (Å²) in [7, 11) is 0. The van der Waals surface area contributed by atoms with E-state index in [1.54, 1.807) is 6.20 Å². The van der Waals surface area contributed by atoms with Gasteiger partial charge in [0, 0.05) is 24.1 Å². The average Bonchev–Trinajstić information content (AvgIpc) is 2.05. The molecule has 0 saturated heterocycles. The van der Waals surface area contributed by atoms with Crippen LogP contribution < -0.4 is 0 Å². The van der Waals surface area contributed by atoms with E-state index in [4.69, 9.17) is 5.26 Å². The molecule has 1 rings (SSSR count). The maximum Gasteiger partial charge on any atom is 0.187 e. The van der Waals surface area contributed by atoms with Crippen molar-refractivity contribution >= 4 is 11.8 Å². The number of nitrogens with zero attached hydrogens (tertiary/aromatic N) is 3. The molecule has 0 fully saturated rings. The zero-order valence-electron chi connectivity index (χ0n) is 6.82. The number of hydrogen-bond acceptors (Lipinski definition) is 4. The van der Waals surface area contributed by atoms with Crippen molar-refractivity contribution in [1.29, 1.82) is 5.26 Å². The molecule has 62 valence electrons. The lowest BCUT2D eigenvalue weighted by Crippen LogP contribution is -1.88. The molecule has 3 nitrogen and oxygen atoms in total. The number of rotatable bonds is 3. The van der Waals surface area contributed by atoms with Crippen LogP contribution >= 0.6 is 11.8 Å². The molecule has 0 radical (unpaired) electrons. The third kappa shape index (κ3) is 2.89. The first-order chi connectivity index (χ1) is 5.83. The van der Waals surface area contributed by atoms with Gasteiger partial charge in [-0.15, -0.1) is 0 Å². The topological polar surface area (TPSA) is 49.6 Å². The molecular weight excluding hydrogens is 170 g/mol. The van der Waals surface area contributed by atoms with Crippen LogP contribution in [0.2, 0.25) is 0 Å². The van der Waals surface area contributed by atoms with Crippen LogP contribution in [0.4, 0.5) is 0 Å². The minimum atomic E-state index is 0.544. The van der Waals surface area contributed by atoms with E-state index in [-0.39, 0.29) is 0 Å². The van der Waals surface area contributed by atoms with Crippen LogP contribution in [-0.4, -0.2) is 15.7 Å². The van der Waals surface area contributed by atoms with Gasteiger partial charge >= 0.3 is 0 Å². The Labute approximate surface area is 75.8 Å². The summed E-state index contributed by atoms with van der Waals surface area (Å²) in [5.41, 5.74) is 0.962. The number of hydrogen-bond donors (Lipinski definition) is 0. The molecule has 0 N–H and O–H groups in total. The number of thioether (sulfide) groups is 1. The lowest BCUT2D eigenvalue weighted by molar-refractivity contribution is 0.931. The Kier molecular flexibility index (Phi) is 3.55. The summed E-state index contributed by atoms with van der Waals surface area (Å²) in [5.74, 6) is 0.764. The lowest BCUT2D eigenvalue weighted by atomic mass is 10.5. The van der Waals surface area contributed by atoms with Crippen molar-refractivity contribution in [2.24, 2.45) is 0 Å². The Morgan fingerprint density at radius 2 is 2.50 bits per heavy atom. The summed E-state index contributed by atoms with van der Waals surface area (Å²) in [6.07, 6.45) is 2.28. The van der Waals surface area contributed by atoms with E-state index in [1.807, 2.05) is 13.0 Å². The largest absolute Gasteiger partial charge is 0.231 e. The van der Waals surface area contributed by atoms with Crippen LogP contribution in [0.1, 0.15) is 12.1 Å². The highest BCUT2D eigenvalue weighted by molar-refractivity contribution is 7.99. The summed E-state index contributed by atoms with van der Waals surface area (Å²) >= 11 is 1.51. The monoisotopic (exact) mass is 179 g/mol. The van der Waals surface area contributed by atoms with Gasteiger partial charge in [-0.25, -0.2) is 9.97 Å². The molecule has 12 heavy (non-hydrogen) atoms. The van der Waals surface area contributed by atoms with Gasteiger partial charge in [0.15, 0.2) is 5.16 Å². The zero-order valence-corrected chi connectivity index (χ0v) is 7.64. The van der Waals surface area contributed by atoms with E-state index >= 15 is 0 Å². The van der Waals surface area contributed by atoms with Crippen molar-refractivity contribution < 1.29 is 0 Å². The molecule has 0 aromatic carbocycles. The molecule has 0 aliphatic carbocycles. The molecule has 0 saturated carbocycles. The van der Waals surface area contributed by atoms with Crippen molar-refractivity contribution in [1.82, 2.24) is 9.97 Å². The van der Waals surface area contributed by atoms with Crippen molar-refractivity contribution in [2.45, 2.75) is 18.5 Å². The van der Waals surface area contributed by atoms with E-state index in [0.29, 0.717) is 6.42 Å². The zero-order chi connectivity index (χ0) is 8.81. The summed E-state index contributed by atoms with van der Waals surface area (Å²) in [4.78, 5) is 8.24. The van der Waals surface area contributed by atoms with Gasteiger partial charge in [-0.3, -0.25) is 0 Å². The molecule has 0 amide bonds. The van der Waals surface area contributed by atoms with E-state index in [0.717, 1.165) is 16.6 Å². The summed E-state index contributed by atoms with van der Waals surface area (Å²) < 4.78 is 0. The number of nitriles is 1. The van der Waals surface area contributed by atoms with E-state index in [2.05, 4.69) is 16.0 Å². The minimum absolute atomic E-state index is 0.544. The standard InChI is InChI=1S/C8H9N3S/c1-7-3-5-10-8(11-7)12-6-2-4-9/h3,5H,2,6H2,1H3. The maximum atomic E-state index is 8.29. The second kappa shape index (κ2) is 4.73. The van der Waals surface area contributed by atoms with Crippen LogP contribution in [0.25, 0.3) is 0 Å². The Hall–Kier alpha value is -1.08. The summed E-state index contributed by atoms with van der Waals surface area (Å²) in [6.45, 7) is 1.93. The molecule has 1 aromatic heterocycles. The lowest BCUT2D eigenvalue weighted by Gasteiger charge is -1.96. The van der Waals surface area contributed by atoms with Crippen LogP contribution in [0, 0.1) is 18.3 Å². The fourth-order valence-electron chi connectivity index (χ4n) is 0.683. The van der Waals surface area contributed by atoms with E-state index < -0.39 is 0 Å². The summed E-state index contributed by atoms with van der Waals surface area (Å²) in [5, 5.41) is 9.05. The van der Waals surface area contributed by atoms with Gasteiger partial charge in [-0.2, -0.15) is 5.26 Å². The molecule has 1 aromatic rings. The molecule has 0 unspecified atom stereocenters. The third-order valence-corrected chi connectivity index (χ3v) is 2.08. The summed E-state index contributed by atoms with van der Waals surface area (Å²) in [6, 6.07) is 3.93. The molecule has 0 bridgehead atoms. The predicted octanol–water partition coefficient (Wildman–Crippen LogP) is 1.79. The first kappa shape index (κ1) is 9.01. The highest BCUT2D eigenvalue weighted by atomic mass is 32.2. The Bertz CT molecular complexity index is 293. The maximum absolute atomic E-state index is 8.29. The second-order valence-corrected chi connectivity index (χ2v) is 3.30. The van der Waals surface area contributed by atoms with Gasteiger partial charge in [-0.1, -0.05) is 11.8 Å². The average molecular weight is 179 g/mol. The normalized spacial score (nSPS) is 9.33. The van der Waals surface area contributed by atoms with Crippen LogP contribution in [0.5, 0.6) is 0 Å². The molecular formula is C8H9N3S. The highest BCUT2D eigenvalue weighted by Gasteiger charge is 1.95. The van der Waals surface area contributed by atoms with Crippen LogP contribution in [0.3, 0.4) is 0 Å². The fourth-order valence-corrected chi connectivity index (χ4v) is 1.40. The number of aromatic nitrogens is 2. The van der Waals surface area contributed by atoms with Gasteiger partial charge in [-0.05, 0) is 13.0 Å². The molecule has 1 heterocycles. The molecule has 0 aliphatic heterocycles. The van der Waals surface area contributed by atoms with Crippen molar-refractivity contribution in [2.75, 3.05) is 5.75 Å². The van der Waals surface area contributed by atoms with Gasteiger partial charge < -0.3 is 0 Å². The number of aryl methyl sites for hydroxylation is 1. The van der Waals surface area contributed by atoms with Crippen LogP contribution in [0.15, 0.2) is 17.4 Å². The van der Waals surface area contributed by atoms with Gasteiger partial charge in [0.05, 0.1) is 6.07 Å². The Morgan fingerprint density at radius 1 is 1.67 bits per heavy atom. The van der Waals surface area contributed by atoms with Gasteiger partial charge in [0.25, 0.3) is 0 Å². The Balaban J connectivity index is 2.48. The van der Waals surface area contributed by atoms with Crippen LogP contribution in [-0.2, 0) is 0 Å². The fraction of sp³-hybridized carbons (Fsp3) is 0.375. The van der Waals surface area contributed by atoms with E-state index in [1.165, 1.54) is 11.8 Å². The second-order valence-electron chi connectivity index (χ2n) is 2.24. The molecule has 0 spiro atoms. The van der Waals surface area contributed by atoms with E-state index in [9.17, 15) is 0 Å². The third-order valence-electron chi connectivity index (χ3n) is 1.22. The van der Waals surface area contributed by atoms with Gasteiger partial charge in [0.2, 0.25) is 0 Å². The predicted molar refractivity (Wildman–Crippen MR) is 47.7 cm³/mol. The first-order valence-corrected chi connectivity index (χ1v) is 4.61. The van der Waals surface area contributed by atoms with Crippen molar-refractivity contribution in [3.8, 4) is 6.07 Å². The van der Waals surface area contributed by atoms with Gasteiger partial charge in [0.1, 0.15) is 0 Å². The minimum Gasteiger partial charge on any atom is -0.231 e. The molecule has 0 aliphatic rings. The first-order valence-electron chi connectivity index (χ1n) is 3.62. The highest BCUT2D eigenvalue weighted by Crippen LogP contribution is 2.12. The SMILES string of the molecule is Cc1ccnc(SCCC#N)n1. The quantitative estimate of drug-likeness (QED) is 0.403. The molecule has 0 atom stereocenters. The Morgan fingerprint density at radius 3 is 3.17 bits per heavy atom. The van der Waals surface area contributed by atoms with Crippen molar-refractivity contribution in [3.63, 3.8) is 0 Å².